The molecular formula is C39H44F2N10O4S. The molecule has 2 N–H and O–H groups in total. The van der Waals surface area contributed by atoms with Crippen LogP contribution in [-0.4, -0.2) is 104 Å². The SMILES string of the molecule is CNC(=O)CCN(C=O)c1nn(C)c2cc(C3CCN(C(C)C#Cc4cc(S(=O)N5CCC(Nc6ncc(OC(F)F)cn6)CC5)ccc4C#N)CC3)ccc12. The van der Waals surface area contributed by atoms with Crippen LogP contribution in [0.1, 0.15) is 61.6 Å². The third kappa shape index (κ3) is 9.65. The molecule has 2 fully saturated rings. The summed E-state index contributed by atoms with van der Waals surface area (Å²) in [6, 6.07) is 13.6. The number of nitriles is 1. The van der Waals surface area contributed by atoms with Crippen molar-refractivity contribution in [2.45, 2.75) is 68.5 Å². The summed E-state index contributed by atoms with van der Waals surface area (Å²) in [6.07, 6.45) is 6.49. The summed E-state index contributed by atoms with van der Waals surface area (Å²) in [5, 5.41) is 21.0. The highest BCUT2D eigenvalue weighted by Crippen LogP contribution is 2.33. The molecule has 2 saturated heterocycles. The zero-order valence-electron chi connectivity index (χ0n) is 31.5. The minimum absolute atomic E-state index is 0.0192. The highest BCUT2D eigenvalue weighted by Gasteiger charge is 2.26. The summed E-state index contributed by atoms with van der Waals surface area (Å²) < 4.78 is 46.4. The number of carbonyl (C=O) groups is 2. The van der Waals surface area contributed by atoms with Crippen LogP contribution in [0.2, 0.25) is 0 Å². The van der Waals surface area contributed by atoms with Crippen LogP contribution in [0.3, 0.4) is 0 Å². The highest BCUT2D eigenvalue weighted by atomic mass is 32.2. The number of rotatable bonds is 13. The van der Waals surface area contributed by atoms with Crippen molar-refractivity contribution in [3.8, 4) is 23.7 Å². The molecule has 294 valence electrons. The van der Waals surface area contributed by atoms with Crippen LogP contribution < -0.4 is 20.3 Å². The molecule has 0 aliphatic carbocycles. The fraction of sp³-hybridized carbons (Fsp3) is 0.436. The highest BCUT2D eigenvalue weighted by molar-refractivity contribution is 7.82. The Morgan fingerprint density at radius 2 is 1.82 bits per heavy atom. The van der Waals surface area contributed by atoms with Crippen molar-refractivity contribution in [3.05, 3.63) is 65.5 Å². The number of halogens is 2. The zero-order valence-corrected chi connectivity index (χ0v) is 32.3. The van der Waals surface area contributed by atoms with Crippen LogP contribution in [0.4, 0.5) is 20.5 Å². The van der Waals surface area contributed by atoms with Gasteiger partial charge in [-0.15, -0.1) is 0 Å². The smallest absolute Gasteiger partial charge is 0.387 e. The first kappa shape index (κ1) is 40.2. The van der Waals surface area contributed by atoms with Crippen molar-refractivity contribution in [2.75, 3.05) is 50.0 Å². The Bertz CT molecular complexity index is 2150. The molecular weight excluding hydrogens is 743 g/mol. The number of anilines is 2. The molecule has 2 aliphatic rings. The van der Waals surface area contributed by atoms with Gasteiger partial charge in [-0.25, -0.2) is 18.5 Å². The molecule has 2 atom stereocenters. The molecule has 4 aromatic rings. The number of hydrogen-bond donors (Lipinski definition) is 2. The summed E-state index contributed by atoms with van der Waals surface area (Å²) in [7, 11) is 1.97. The second-order valence-electron chi connectivity index (χ2n) is 13.7. The fourth-order valence-corrected chi connectivity index (χ4v) is 8.30. The van der Waals surface area contributed by atoms with Gasteiger partial charge >= 0.3 is 6.61 Å². The summed E-state index contributed by atoms with van der Waals surface area (Å²) >= 11 is 0. The molecule has 0 spiro atoms. The van der Waals surface area contributed by atoms with Gasteiger partial charge in [-0.2, -0.15) is 19.1 Å². The normalized spacial score (nSPS) is 16.7. The Kier molecular flexibility index (Phi) is 13.2. The van der Waals surface area contributed by atoms with Gasteiger partial charge in [0, 0.05) is 57.1 Å². The van der Waals surface area contributed by atoms with Crippen molar-refractivity contribution >= 4 is 46.0 Å². The number of amides is 2. The van der Waals surface area contributed by atoms with Gasteiger partial charge < -0.3 is 15.4 Å². The predicted octanol–water partition coefficient (Wildman–Crippen LogP) is 4.15. The Balaban J connectivity index is 1.03. The number of hydrogen-bond acceptors (Lipinski definition) is 10. The number of nitrogens with one attached hydrogen (secondary N) is 2. The third-order valence-electron chi connectivity index (χ3n) is 10.3. The van der Waals surface area contributed by atoms with Crippen LogP contribution in [-0.2, 0) is 27.6 Å². The van der Waals surface area contributed by atoms with Crippen LogP contribution >= 0.6 is 0 Å². The van der Waals surface area contributed by atoms with Gasteiger partial charge in [0.25, 0.3) is 0 Å². The summed E-state index contributed by atoms with van der Waals surface area (Å²) in [5.74, 6) is 7.46. The molecule has 2 aromatic heterocycles. The molecule has 56 heavy (non-hydrogen) atoms. The quantitative estimate of drug-likeness (QED) is 0.149. The molecule has 2 aliphatic heterocycles. The van der Waals surface area contributed by atoms with E-state index in [4.69, 9.17) is 0 Å². The van der Waals surface area contributed by atoms with E-state index in [1.54, 1.807) is 29.9 Å². The number of benzene rings is 2. The molecule has 14 nitrogen and oxygen atoms in total. The van der Waals surface area contributed by atoms with Crippen LogP contribution in [0.25, 0.3) is 10.9 Å². The standard InChI is InChI=1S/C39H44F2N10O4S/c1-26(49-15-10-27(11-16-49)29-7-9-34-35(21-29)48(3)47-37(34)50(25-52)17-14-36(53)43-2)4-5-28-20-33(8-6-30(28)22-42)56(54)51-18-12-31(13-19-51)46-39-44-23-32(24-45-39)55-38(40)41/h6-9,20-21,23-27,31,38H,10-19H2,1-3H3,(H,43,53)(H,44,45,46). The molecule has 0 radical (unpaired) electrons. The average molecular weight is 787 g/mol. The number of piperidine rings is 2. The van der Waals surface area contributed by atoms with Gasteiger partial charge in [-0.05, 0) is 87.5 Å². The topological polar surface area (TPSA) is 162 Å². The molecule has 2 unspecified atom stereocenters. The van der Waals surface area contributed by atoms with E-state index in [2.05, 4.69) is 72.3 Å². The van der Waals surface area contributed by atoms with E-state index in [0.717, 1.165) is 36.8 Å². The number of nitrogens with zero attached hydrogens (tertiary/aromatic N) is 8. The Morgan fingerprint density at radius 3 is 2.48 bits per heavy atom. The van der Waals surface area contributed by atoms with Crippen molar-refractivity contribution in [1.29, 1.82) is 5.26 Å². The average Bonchev–Trinajstić information content (AvgIpc) is 3.55. The first-order chi connectivity index (χ1) is 27.1. The number of likely N-dealkylation sites (tertiary alicyclic amines) is 1. The predicted molar refractivity (Wildman–Crippen MR) is 207 cm³/mol. The molecule has 6 rings (SSSR count). The third-order valence-corrected chi connectivity index (χ3v) is 11.8. The van der Waals surface area contributed by atoms with E-state index in [0.29, 0.717) is 66.0 Å². The van der Waals surface area contributed by atoms with Gasteiger partial charge in [-0.1, -0.05) is 17.9 Å². The molecule has 2 aromatic carbocycles. The van der Waals surface area contributed by atoms with E-state index in [-0.39, 0.29) is 36.7 Å². The summed E-state index contributed by atoms with van der Waals surface area (Å²) in [4.78, 5) is 36.1. The zero-order chi connectivity index (χ0) is 39.8. The van der Waals surface area contributed by atoms with Crippen LogP contribution in [0, 0.1) is 23.2 Å². The van der Waals surface area contributed by atoms with Gasteiger partial charge in [0.2, 0.25) is 18.3 Å². The maximum atomic E-state index is 13.6. The maximum absolute atomic E-state index is 13.6. The van der Waals surface area contributed by atoms with Crippen molar-refractivity contribution in [2.24, 2.45) is 7.05 Å². The summed E-state index contributed by atoms with van der Waals surface area (Å²) in [6.45, 7) is 2.12. The lowest BCUT2D eigenvalue weighted by atomic mass is 9.88. The fourth-order valence-electron chi connectivity index (χ4n) is 7.06. The second kappa shape index (κ2) is 18.4. The van der Waals surface area contributed by atoms with Crippen molar-refractivity contribution in [1.82, 2.24) is 34.3 Å². The van der Waals surface area contributed by atoms with Gasteiger partial charge in [0.05, 0.1) is 34.4 Å². The Labute approximate surface area is 326 Å². The molecule has 4 heterocycles. The summed E-state index contributed by atoms with van der Waals surface area (Å²) in [5.41, 5.74) is 3.10. The Hall–Kier alpha value is -5.49. The first-order valence-corrected chi connectivity index (χ1v) is 19.6. The van der Waals surface area contributed by atoms with E-state index in [1.165, 1.54) is 22.9 Å². The monoisotopic (exact) mass is 786 g/mol. The van der Waals surface area contributed by atoms with Crippen molar-refractivity contribution in [3.63, 3.8) is 0 Å². The van der Waals surface area contributed by atoms with Crippen molar-refractivity contribution < 1.29 is 27.3 Å². The number of aromatic nitrogens is 4. The number of carbonyl (C=O) groups excluding carboxylic acids is 2. The second-order valence-corrected chi connectivity index (χ2v) is 15.2. The first-order valence-electron chi connectivity index (χ1n) is 18.5. The van der Waals surface area contributed by atoms with Crippen LogP contribution in [0.5, 0.6) is 5.75 Å². The van der Waals surface area contributed by atoms with E-state index in [1.807, 2.05) is 17.4 Å². The van der Waals surface area contributed by atoms with E-state index >= 15 is 0 Å². The minimum Gasteiger partial charge on any atom is -0.432 e. The van der Waals surface area contributed by atoms with Gasteiger partial charge in [0.1, 0.15) is 17.1 Å². The number of ether oxygens (including phenoxy) is 1. The lowest BCUT2D eigenvalue weighted by Crippen LogP contribution is -2.40. The molecule has 0 bridgehead atoms. The van der Waals surface area contributed by atoms with Gasteiger partial charge in [0.15, 0.2) is 11.6 Å². The largest absolute Gasteiger partial charge is 0.432 e. The van der Waals surface area contributed by atoms with E-state index in [9.17, 15) is 27.8 Å². The van der Waals surface area contributed by atoms with Gasteiger partial charge in [-0.3, -0.25) is 24.1 Å². The minimum atomic E-state index is -2.95. The maximum Gasteiger partial charge on any atom is 0.387 e. The molecule has 0 saturated carbocycles. The number of aryl methyl sites for hydroxylation is 1. The number of fused-ring (bicyclic) bond motifs is 1. The molecule has 2 amide bonds. The Morgan fingerprint density at radius 1 is 1.09 bits per heavy atom. The lowest BCUT2D eigenvalue weighted by molar-refractivity contribution is -0.120. The van der Waals surface area contributed by atoms with E-state index < -0.39 is 17.6 Å². The van der Waals surface area contributed by atoms with Crippen LogP contribution in [0.15, 0.2) is 53.7 Å². The lowest BCUT2D eigenvalue weighted by Gasteiger charge is -2.34. The molecule has 17 heteroatoms. The number of alkyl halides is 2.